The normalized spacial score (nSPS) is 11.8. The third kappa shape index (κ3) is 3.44. The number of carbonyl (C=O) groups excluding carboxylic acids is 1. The largest absolute Gasteiger partial charge is 0.346 e. The Morgan fingerprint density at radius 1 is 0.864 bits per heavy atom. The van der Waals surface area contributed by atoms with Gasteiger partial charge >= 0.3 is 0 Å². The van der Waals surface area contributed by atoms with E-state index in [1.54, 1.807) is 0 Å². The summed E-state index contributed by atoms with van der Waals surface area (Å²) in [7, 11) is 0. The molecular formula is C19H18N2O. The Bertz CT molecular complexity index is 706. The number of hydrogen-bond donors (Lipinski definition) is 1. The number of aromatic nitrogens is 1. The summed E-state index contributed by atoms with van der Waals surface area (Å²) in [6, 6.07) is 23.6. The molecule has 0 bridgehead atoms. The zero-order chi connectivity index (χ0) is 15.2. The fourth-order valence-electron chi connectivity index (χ4n) is 2.54. The van der Waals surface area contributed by atoms with Gasteiger partial charge in [-0.25, -0.2) is 0 Å². The minimum absolute atomic E-state index is 0.0000813. The molecule has 0 unspecified atom stereocenters. The third-order valence-corrected chi connectivity index (χ3v) is 3.61. The van der Waals surface area contributed by atoms with Gasteiger partial charge in [-0.3, -0.25) is 4.79 Å². The molecular weight excluding hydrogens is 272 g/mol. The van der Waals surface area contributed by atoms with Gasteiger partial charge in [-0.05, 0) is 29.8 Å². The van der Waals surface area contributed by atoms with Crippen molar-refractivity contribution in [3.8, 4) is 0 Å². The average Bonchev–Trinajstić information content (AvgIpc) is 3.08. The standard InChI is InChI=1S/C19H18N2O/c22-19(20-17-11-5-2-6-12-17)15-18(21-13-7-8-14-21)16-9-3-1-4-10-16/h1-14,18H,15H2,(H,20,22)/t18-/m0/s1. The Kier molecular flexibility index (Phi) is 4.35. The Hall–Kier alpha value is -2.81. The first kappa shape index (κ1) is 14.1. The maximum Gasteiger partial charge on any atom is 0.226 e. The molecule has 3 rings (SSSR count). The molecule has 1 atom stereocenters. The molecule has 0 aliphatic heterocycles. The second-order valence-corrected chi connectivity index (χ2v) is 5.18. The van der Waals surface area contributed by atoms with Crippen LogP contribution in [0.2, 0.25) is 0 Å². The second kappa shape index (κ2) is 6.76. The summed E-state index contributed by atoms with van der Waals surface area (Å²) in [5, 5.41) is 2.95. The second-order valence-electron chi connectivity index (χ2n) is 5.18. The van der Waals surface area contributed by atoms with Gasteiger partial charge < -0.3 is 9.88 Å². The van der Waals surface area contributed by atoms with Crippen LogP contribution in [-0.2, 0) is 4.79 Å². The molecule has 0 fully saturated rings. The van der Waals surface area contributed by atoms with Gasteiger partial charge in [0.05, 0.1) is 12.5 Å². The van der Waals surface area contributed by atoms with Crippen LogP contribution in [0.3, 0.4) is 0 Å². The van der Waals surface area contributed by atoms with Crippen molar-refractivity contribution in [3.63, 3.8) is 0 Å². The molecule has 3 heteroatoms. The van der Waals surface area contributed by atoms with Crippen molar-refractivity contribution < 1.29 is 4.79 Å². The summed E-state index contributed by atoms with van der Waals surface area (Å²) < 4.78 is 2.07. The lowest BCUT2D eigenvalue weighted by Crippen LogP contribution is -2.19. The molecule has 0 aliphatic carbocycles. The van der Waals surface area contributed by atoms with Gasteiger partial charge in [0.15, 0.2) is 0 Å². The van der Waals surface area contributed by atoms with Gasteiger partial charge in [0, 0.05) is 18.1 Å². The Morgan fingerprint density at radius 2 is 1.45 bits per heavy atom. The summed E-state index contributed by atoms with van der Waals surface area (Å²) in [6.45, 7) is 0. The van der Waals surface area contributed by atoms with Crippen LogP contribution in [0.1, 0.15) is 18.0 Å². The maximum atomic E-state index is 12.4. The molecule has 0 saturated carbocycles. The molecule has 1 amide bonds. The lowest BCUT2D eigenvalue weighted by molar-refractivity contribution is -0.116. The summed E-state index contributed by atoms with van der Waals surface area (Å²) in [6.07, 6.45) is 4.38. The number of para-hydroxylation sites is 1. The van der Waals surface area contributed by atoms with Crippen LogP contribution in [0.4, 0.5) is 5.69 Å². The maximum absolute atomic E-state index is 12.4. The fraction of sp³-hybridized carbons (Fsp3) is 0.105. The minimum Gasteiger partial charge on any atom is -0.346 e. The van der Waals surface area contributed by atoms with Crippen LogP contribution in [0, 0.1) is 0 Å². The molecule has 0 aliphatic rings. The van der Waals surface area contributed by atoms with Crippen LogP contribution in [0.5, 0.6) is 0 Å². The number of hydrogen-bond acceptors (Lipinski definition) is 1. The van der Waals surface area contributed by atoms with Gasteiger partial charge in [-0.2, -0.15) is 0 Å². The molecule has 22 heavy (non-hydrogen) atoms. The number of rotatable bonds is 5. The quantitative estimate of drug-likeness (QED) is 0.754. The van der Waals surface area contributed by atoms with E-state index in [1.807, 2.05) is 73.1 Å². The Balaban J connectivity index is 1.77. The van der Waals surface area contributed by atoms with Crippen LogP contribution in [0.15, 0.2) is 85.2 Å². The van der Waals surface area contributed by atoms with E-state index in [9.17, 15) is 4.79 Å². The fourth-order valence-corrected chi connectivity index (χ4v) is 2.54. The van der Waals surface area contributed by atoms with Gasteiger partial charge in [-0.1, -0.05) is 48.5 Å². The molecule has 0 radical (unpaired) electrons. The molecule has 110 valence electrons. The molecule has 1 heterocycles. The van der Waals surface area contributed by atoms with E-state index in [0.717, 1.165) is 11.3 Å². The first-order valence-electron chi connectivity index (χ1n) is 7.35. The predicted octanol–water partition coefficient (Wildman–Crippen LogP) is 4.11. The molecule has 2 aromatic carbocycles. The van der Waals surface area contributed by atoms with Crippen LogP contribution in [-0.4, -0.2) is 10.5 Å². The van der Waals surface area contributed by atoms with Gasteiger partial charge in [0.25, 0.3) is 0 Å². The molecule has 0 spiro atoms. The van der Waals surface area contributed by atoms with Crippen molar-refractivity contribution in [1.29, 1.82) is 0 Å². The van der Waals surface area contributed by atoms with E-state index in [0.29, 0.717) is 6.42 Å². The van der Waals surface area contributed by atoms with Gasteiger partial charge in [-0.15, -0.1) is 0 Å². The highest BCUT2D eigenvalue weighted by Gasteiger charge is 2.17. The highest BCUT2D eigenvalue weighted by atomic mass is 16.1. The number of nitrogens with zero attached hydrogens (tertiary/aromatic N) is 1. The zero-order valence-electron chi connectivity index (χ0n) is 12.2. The third-order valence-electron chi connectivity index (χ3n) is 3.61. The number of nitrogens with one attached hydrogen (secondary N) is 1. The molecule has 3 nitrogen and oxygen atoms in total. The Labute approximate surface area is 130 Å². The van der Waals surface area contributed by atoms with E-state index in [-0.39, 0.29) is 11.9 Å². The summed E-state index contributed by atoms with van der Waals surface area (Å²) in [5.41, 5.74) is 1.95. The van der Waals surface area contributed by atoms with Crippen molar-refractivity contribution in [2.24, 2.45) is 0 Å². The molecule has 1 N–H and O–H groups in total. The Morgan fingerprint density at radius 3 is 2.09 bits per heavy atom. The van der Waals surface area contributed by atoms with E-state index >= 15 is 0 Å². The van der Waals surface area contributed by atoms with Crippen molar-refractivity contribution in [1.82, 2.24) is 4.57 Å². The van der Waals surface area contributed by atoms with Crippen LogP contribution >= 0.6 is 0 Å². The monoisotopic (exact) mass is 290 g/mol. The van der Waals surface area contributed by atoms with Crippen LogP contribution < -0.4 is 5.32 Å². The van der Waals surface area contributed by atoms with Crippen molar-refractivity contribution >= 4 is 11.6 Å². The summed E-state index contributed by atoms with van der Waals surface area (Å²) in [5.74, 6) is 0.00810. The van der Waals surface area contributed by atoms with Crippen molar-refractivity contribution in [2.75, 3.05) is 5.32 Å². The lowest BCUT2D eigenvalue weighted by atomic mass is 10.0. The zero-order valence-corrected chi connectivity index (χ0v) is 12.2. The molecule has 0 saturated heterocycles. The van der Waals surface area contributed by atoms with Crippen molar-refractivity contribution in [3.05, 3.63) is 90.8 Å². The predicted molar refractivity (Wildman–Crippen MR) is 88.7 cm³/mol. The first-order chi connectivity index (χ1) is 10.8. The summed E-state index contributed by atoms with van der Waals surface area (Å²) in [4.78, 5) is 12.4. The van der Waals surface area contributed by atoms with E-state index in [1.165, 1.54) is 0 Å². The molecule has 3 aromatic rings. The minimum atomic E-state index is -0.0000813. The SMILES string of the molecule is O=C(C[C@@H](c1ccccc1)n1cccc1)Nc1ccccc1. The van der Waals surface area contributed by atoms with Gasteiger partial charge in [0.2, 0.25) is 5.91 Å². The highest BCUT2D eigenvalue weighted by Crippen LogP contribution is 2.22. The molecule has 1 aromatic heterocycles. The smallest absolute Gasteiger partial charge is 0.226 e. The number of anilines is 1. The number of amides is 1. The van der Waals surface area contributed by atoms with E-state index < -0.39 is 0 Å². The first-order valence-corrected chi connectivity index (χ1v) is 7.35. The summed E-state index contributed by atoms with van der Waals surface area (Å²) >= 11 is 0. The topological polar surface area (TPSA) is 34.0 Å². The van der Waals surface area contributed by atoms with Crippen molar-refractivity contribution in [2.45, 2.75) is 12.5 Å². The average molecular weight is 290 g/mol. The van der Waals surface area contributed by atoms with E-state index in [2.05, 4.69) is 22.0 Å². The lowest BCUT2D eigenvalue weighted by Gasteiger charge is -2.19. The van der Waals surface area contributed by atoms with E-state index in [4.69, 9.17) is 0 Å². The highest BCUT2D eigenvalue weighted by molar-refractivity contribution is 5.91. The number of carbonyl (C=O) groups is 1. The van der Waals surface area contributed by atoms with Crippen LogP contribution in [0.25, 0.3) is 0 Å². The number of benzene rings is 2. The van der Waals surface area contributed by atoms with Gasteiger partial charge in [0.1, 0.15) is 0 Å².